The van der Waals surface area contributed by atoms with Gasteiger partial charge in [0.05, 0.1) is 0 Å². The maximum Gasteiger partial charge on any atom is 0.298 e. The molecule has 0 aliphatic carbocycles. The molecular weight excluding hydrogens is 308 g/mol. The second kappa shape index (κ2) is 6.74. The normalized spacial score (nSPS) is 11.8. The van der Waals surface area contributed by atoms with Gasteiger partial charge in [0.1, 0.15) is 0 Å². The Morgan fingerprint density at radius 1 is 1.41 bits per heavy atom. The van der Waals surface area contributed by atoms with E-state index in [-0.39, 0.29) is 5.13 Å². The summed E-state index contributed by atoms with van der Waals surface area (Å²) in [5.74, 6) is -3.47. The van der Waals surface area contributed by atoms with Crippen molar-refractivity contribution in [2.24, 2.45) is 0 Å². The molecule has 0 radical (unpaired) electrons. The Hall–Kier alpha value is -2.15. The first-order valence-corrected chi connectivity index (χ1v) is 7.51. The predicted molar refractivity (Wildman–Crippen MR) is 83.2 cm³/mol. The van der Waals surface area contributed by atoms with Crippen molar-refractivity contribution in [2.45, 2.75) is 26.2 Å². The van der Waals surface area contributed by atoms with Gasteiger partial charge in [-0.3, -0.25) is 10.1 Å². The molecule has 2 aromatic rings. The van der Waals surface area contributed by atoms with Crippen LogP contribution in [-0.2, 0) is 5.92 Å². The number of aromatic nitrogens is 2. The second-order valence-electron chi connectivity index (χ2n) is 4.69. The highest BCUT2D eigenvalue weighted by Gasteiger charge is 2.29. The van der Waals surface area contributed by atoms with Crippen molar-refractivity contribution in [1.29, 1.82) is 0 Å². The highest BCUT2D eigenvalue weighted by molar-refractivity contribution is 7.15. The van der Waals surface area contributed by atoms with Crippen LogP contribution in [0.1, 0.15) is 41.2 Å². The van der Waals surface area contributed by atoms with E-state index < -0.39 is 16.8 Å². The van der Waals surface area contributed by atoms with E-state index in [1.165, 1.54) is 0 Å². The summed E-state index contributed by atoms with van der Waals surface area (Å²) in [5, 5.41) is 9.05. The fourth-order valence-corrected chi connectivity index (χ4v) is 2.33. The van der Waals surface area contributed by atoms with Crippen molar-refractivity contribution in [3.8, 4) is 0 Å². The fraction of sp³-hybridized carbons (Fsp3) is 0.267. The van der Waals surface area contributed by atoms with Crippen LogP contribution in [-0.4, -0.2) is 16.1 Å². The highest BCUT2D eigenvalue weighted by atomic mass is 32.1. The third kappa shape index (κ3) is 4.17. The Morgan fingerprint density at radius 3 is 2.82 bits per heavy atom. The van der Waals surface area contributed by atoms with Crippen LogP contribution < -0.4 is 5.32 Å². The minimum Gasteiger partial charge on any atom is -0.296 e. The lowest BCUT2D eigenvalue weighted by atomic mass is 10.1. The van der Waals surface area contributed by atoms with Gasteiger partial charge < -0.3 is 0 Å². The Bertz CT molecular complexity index is 692. The first-order valence-electron chi connectivity index (χ1n) is 6.70. The second-order valence-corrected chi connectivity index (χ2v) is 5.67. The van der Waals surface area contributed by atoms with Crippen LogP contribution in [0.3, 0.4) is 0 Å². The number of nitrogens with one attached hydrogen (secondary N) is 1. The van der Waals surface area contributed by atoms with Crippen molar-refractivity contribution in [3.63, 3.8) is 0 Å². The first kappa shape index (κ1) is 16.2. The van der Waals surface area contributed by atoms with Gasteiger partial charge in [-0.15, -0.1) is 10.2 Å². The molecule has 2 rings (SSSR count). The number of allylic oxidation sites excluding steroid dienone is 1. The quantitative estimate of drug-likeness (QED) is 0.891. The van der Waals surface area contributed by atoms with Crippen LogP contribution in [0.4, 0.5) is 13.9 Å². The number of halogens is 2. The molecule has 1 amide bonds. The summed E-state index contributed by atoms with van der Waals surface area (Å²) >= 11 is 0.663. The molecule has 22 heavy (non-hydrogen) atoms. The van der Waals surface area contributed by atoms with Crippen molar-refractivity contribution >= 4 is 28.5 Å². The van der Waals surface area contributed by atoms with Gasteiger partial charge in [0.2, 0.25) is 5.13 Å². The van der Waals surface area contributed by atoms with Crippen LogP contribution in [0, 0.1) is 0 Å². The Morgan fingerprint density at radius 2 is 2.18 bits per heavy atom. The van der Waals surface area contributed by atoms with Gasteiger partial charge in [-0.1, -0.05) is 42.5 Å². The molecule has 0 aliphatic heterocycles. The summed E-state index contributed by atoms with van der Waals surface area (Å²) in [6.45, 7) is 2.76. The van der Waals surface area contributed by atoms with Gasteiger partial charge in [0.15, 0.2) is 5.01 Å². The zero-order valence-corrected chi connectivity index (χ0v) is 13.0. The number of alkyl halides is 2. The van der Waals surface area contributed by atoms with Crippen LogP contribution in [0.25, 0.3) is 6.08 Å². The molecule has 7 heteroatoms. The fourth-order valence-electron chi connectivity index (χ4n) is 1.66. The largest absolute Gasteiger partial charge is 0.298 e. The van der Waals surface area contributed by atoms with Crippen molar-refractivity contribution in [1.82, 2.24) is 10.2 Å². The van der Waals surface area contributed by atoms with E-state index in [1.54, 1.807) is 18.2 Å². The minimum atomic E-state index is -3.06. The predicted octanol–water partition coefficient (Wildman–Crippen LogP) is 4.33. The van der Waals surface area contributed by atoms with Crippen LogP contribution in [0.5, 0.6) is 0 Å². The van der Waals surface area contributed by atoms with Gasteiger partial charge in [-0.05, 0) is 24.1 Å². The molecule has 1 N–H and O–H groups in total. The zero-order valence-electron chi connectivity index (χ0n) is 12.1. The molecule has 0 atom stereocenters. The van der Waals surface area contributed by atoms with Crippen LogP contribution in [0.15, 0.2) is 30.3 Å². The number of hydrogen-bond acceptors (Lipinski definition) is 4. The smallest absolute Gasteiger partial charge is 0.296 e. The molecule has 0 saturated carbocycles. The SMILES string of the molecule is CC/C=C/c1cccc(C(=O)Nc2nnc(C(C)(F)F)s2)c1. The number of rotatable bonds is 5. The number of amides is 1. The number of anilines is 1. The molecule has 1 aromatic heterocycles. The summed E-state index contributed by atoms with van der Waals surface area (Å²) in [7, 11) is 0. The monoisotopic (exact) mass is 323 g/mol. The Kier molecular flexibility index (Phi) is 4.97. The molecule has 0 saturated heterocycles. The number of benzene rings is 1. The summed E-state index contributed by atoms with van der Waals surface area (Å²) in [6.07, 6.45) is 4.80. The summed E-state index contributed by atoms with van der Waals surface area (Å²) in [5.41, 5.74) is 1.32. The van der Waals surface area contributed by atoms with E-state index in [0.29, 0.717) is 16.9 Å². The summed E-state index contributed by atoms with van der Waals surface area (Å²) in [6, 6.07) is 7.01. The van der Waals surface area contributed by atoms with E-state index in [9.17, 15) is 13.6 Å². The van der Waals surface area contributed by atoms with E-state index in [2.05, 4.69) is 15.5 Å². The molecule has 116 valence electrons. The van der Waals surface area contributed by atoms with E-state index in [0.717, 1.165) is 18.9 Å². The lowest BCUT2D eigenvalue weighted by molar-refractivity contribution is 0.0165. The third-order valence-electron chi connectivity index (χ3n) is 2.72. The van der Waals surface area contributed by atoms with Gasteiger partial charge in [-0.2, -0.15) is 8.78 Å². The number of hydrogen-bond donors (Lipinski definition) is 1. The van der Waals surface area contributed by atoms with Gasteiger partial charge in [0, 0.05) is 12.5 Å². The zero-order chi connectivity index (χ0) is 16.2. The van der Waals surface area contributed by atoms with Crippen molar-refractivity contribution < 1.29 is 13.6 Å². The van der Waals surface area contributed by atoms with Gasteiger partial charge in [0.25, 0.3) is 11.8 Å². The van der Waals surface area contributed by atoms with E-state index in [4.69, 9.17) is 0 Å². The first-order chi connectivity index (χ1) is 10.4. The maximum atomic E-state index is 13.1. The molecule has 1 heterocycles. The summed E-state index contributed by atoms with van der Waals surface area (Å²) < 4.78 is 26.2. The van der Waals surface area contributed by atoms with E-state index >= 15 is 0 Å². The molecule has 0 unspecified atom stereocenters. The van der Waals surface area contributed by atoms with Crippen molar-refractivity contribution in [3.05, 3.63) is 46.5 Å². The molecule has 4 nitrogen and oxygen atoms in total. The number of carbonyl (C=O) groups excluding carboxylic acids is 1. The lowest BCUT2D eigenvalue weighted by Crippen LogP contribution is -2.11. The summed E-state index contributed by atoms with van der Waals surface area (Å²) in [4.78, 5) is 12.1. The Balaban J connectivity index is 2.12. The minimum absolute atomic E-state index is 0.0519. The standard InChI is InChI=1S/C15H15F2N3OS/c1-3-4-6-10-7-5-8-11(9-10)12(21)18-14-20-19-13(22-14)15(2,16)17/h4-9H,3H2,1-2H3,(H,18,20,21)/b6-4+. The molecule has 1 aromatic carbocycles. The van der Waals surface area contributed by atoms with Gasteiger partial charge >= 0.3 is 0 Å². The molecule has 0 spiro atoms. The maximum absolute atomic E-state index is 13.1. The van der Waals surface area contributed by atoms with Crippen LogP contribution in [0.2, 0.25) is 0 Å². The third-order valence-corrected chi connectivity index (χ3v) is 3.73. The number of nitrogens with zero attached hydrogens (tertiary/aromatic N) is 2. The van der Waals surface area contributed by atoms with E-state index in [1.807, 2.05) is 25.1 Å². The van der Waals surface area contributed by atoms with Gasteiger partial charge in [-0.25, -0.2) is 0 Å². The average molecular weight is 323 g/mol. The lowest BCUT2D eigenvalue weighted by Gasteiger charge is -2.03. The topological polar surface area (TPSA) is 54.9 Å². The number of carbonyl (C=O) groups is 1. The van der Waals surface area contributed by atoms with Crippen LogP contribution >= 0.6 is 11.3 Å². The molecule has 0 aliphatic rings. The van der Waals surface area contributed by atoms with Crippen molar-refractivity contribution in [2.75, 3.05) is 5.32 Å². The average Bonchev–Trinajstić information content (AvgIpc) is 2.94. The Labute approximate surface area is 130 Å². The molecule has 0 fully saturated rings. The molecule has 0 bridgehead atoms. The highest BCUT2D eigenvalue weighted by Crippen LogP contribution is 2.31. The molecular formula is C15H15F2N3OS.